The highest BCUT2D eigenvalue weighted by molar-refractivity contribution is 7.90. The van der Waals surface area contributed by atoms with Gasteiger partial charge in [0.05, 0.1) is 10.4 Å². The third-order valence-electron chi connectivity index (χ3n) is 5.60. The molecule has 1 aromatic heterocycles. The van der Waals surface area contributed by atoms with Crippen LogP contribution in [0.25, 0.3) is 10.9 Å². The van der Waals surface area contributed by atoms with Crippen molar-refractivity contribution in [3.63, 3.8) is 0 Å². The second kappa shape index (κ2) is 8.59. The van der Waals surface area contributed by atoms with E-state index in [9.17, 15) is 26.4 Å². The minimum atomic E-state index is -5.01. The lowest BCUT2D eigenvalue weighted by Gasteiger charge is -2.24. The summed E-state index contributed by atoms with van der Waals surface area (Å²) in [4.78, 5) is 13.2. The SMILES string of the molecule is O=C(OC[C@H]1CCCN1Cc1cccc2c1ccn2S(=O)(=O)c1ccccc1)C(F)(F)F. The number of carbonyl (C=O) groups excluding carboxylic acids is 1. The number of aromatic nitrogens is 1. The van der Waals surface area contributed by atoms with Gasteiger partial charge in [-0.25, -0.2) is 17.2 Å². The number of esters is 1. The van der Waals surface area contributed by atoms with Gasteiger partial charge < -0.3 is 4.74 Å². The molecule has 170 valence electrons. The number of rotatable bonds is 6. The molecule has 0 amide bonds. The van der Waals surface area contributed by atoms with Crippen LogP contribution in [0.3, 0.4) is 0 Å². The first-order valence-electron chi connectivity index (χ1n) is 10.1. The molecule has 1 aliphatic heterocycles. The molecule has 6 nitrogen and oxygen atoms in total. The summed E-state index contributed by atoms with van der Waals surface area (Å²) in [7, 11) is -3.77. The van der Waals surface area contributed by atoms with Crippen molar-refractivity contribution in [3.05, 3.63) is 66.4 Å². The van der Waals surface area contributed by atoms with E-state index in [0.29, 0.717) is 25.0 Å². The molecule has 1 aliphatic rings. The molecule has 0 aliphatic carbocycles. The van der Waals surface area contributed by atoms with Crippen LogP contribution in [0.15, 0.2) is 65.7 Å². The summed E-state index contributed by atoms with van der Waals surface area (Å²) in [5.41, 5.74) is 1.36. The highest BCUT2D eigenvalue weighted by Gasteiger charge is 2.41. The largest absolute Gasteiger partial charge is 0.490 e. The molecule has 0 saturated carbocycles. The first-order valence-corrected chi connectivity index (χ1v) is 11.5. The summed E-state index contributed by atoms with van der Waals surface area (Å²) in [6.07, 6.45) is -2.12. The fourth-order valence-corrected chi connectivity index (χ4v) is 5.39. The lowest BCUT2D eigenvalue weighted by Crippen LogP contribution is -2.36. The second-order valence-electron chi connectivity index (χ2n) is 7.64. The highest BCUT2D eigenvalue weighted by atomic mass is 32.2. The van der Waals surface area contributed by atoms with Gasteiger partial charge in [0.1, 0.15) is 6.61 Å². The number of nitrogens with zero attached hydrogens (tertiary/aromatic N) is 2. The Balaban J connectivity index is 1.56. The van der Waals surface area contributed by atoms with Crippen LogP contribution in [-0.4, -0.2) is 48.6 Å². The molecule has 32 heavy (non-hydrogen) atoms. The molecule has 2 aromatic carbocycles. The van der Waals surface area contributed by atoms with E-state index in [1.54, 1.807) is 36.4 Å². The number of carbonyl (C=O) groups is 1. The Morgan fingerprint density at radius 3 is 2.53 bits per heavy atom. The van der Waals surface area contributed by atoms with E-state index >= 15 is 0 Å². The molecule has 0 radical (unpaired) electrons. The Morgan fingerprint density at radius 1 is 1.06 bits per heavy atom. The molecule has 4 rings (SSSR count). The molecular weight excluding hydrogens is 445 g/mol. The molecule has 0 unspecified atom stereocenters. The van der Waals surface area contributed by atoms with Crippen LogP contribution >= 0.6 is 0 Å². The Kier molecular flexibility index (Phi) is 6.00. The number of benzene rings is 2. The number of ether oxygens (including phenoxy) is 1. The first-order chi connectivity index (χ1) is 15.2. The van der Waals surface area contributed by atoms with E-state index < -0.39 is 22.2 Å². The Labute approximate surface area is 183 Å². The predicted octanol–water partition coefficient (Wildman–Crippen LogP) is 3.95. The topological polar surface area (TPSA) is 68.6 Å². The standard InChI is InChI=1S/C22H21F3N2O4S/c23-22(24,25)21(28)31-15-17-7-5-12-26(17)14-16-6-4-10-20-19(16)11-13-27(20)32(29,30)18-8-2-1-3-9-18/h1-4,6,8-11,13,17H,5,7,12,14-15H2/t17-/m1/s1. The zero-order valence-electron chi connectivity index (χ0n) is 17.0. The third-order valence-corrected chi connectivity index (χ3v) is 7.30. The summed E-state index contributed by atoms with van der Waals surface area (Å²) < 4.78 is 69.1. The predicted molar refractivity (Wildman–Crippen MR) is 111 cm³/mol. The lowest BCUT2D eigenvalue weighted by molar-refractivity contribution is -0.200. The van der Waals surface area contributed by atoms with Crippen molar-refractivity contribution in [1.82, 2.24) is 8.87 Å². The zero-order valence-corrected chi connectivity index (χ0v) is 17.8. The number of likely N-dealkylation sites (tertiary alicyclic amines) is 1. The molecule has 0 bridgehead atoms. The number of halogens is 3. The van der Waals surface area contributed by atoms with E-state index in [1.165, 1.54) is 22.3 Å². The van der Waals surface area contributed by atoms with Crippen molar-refractivity contribution in [3.8, 4) is 0 Å². The van der Waals surface area contributed by atoms with Gasteiger partial charge in [0.25, 0.3) is 10.0 Å². The van der Waals surface area contributed by atoms with Crippen molar-refractivity contribution in [2.75, 3.05) is 13.2 Å². The van der Waals surface area contributed by atoms with Crippen molar-refractivity contribution in [2.45, 2.75) is 36.5 Å². The Hall–Kier alpha value is -2.85. The summed E-state index contributed by atoms with van der Waals surface area (Å²) in [5, 5.41) is 0.741. The Bertz CT molecular complexity index is 1220. The van der Waals surface area contributed by atoms with E-state index in [4.69, 9.17) is 0 Å². The van der Waals surface area contributed by atoms with Crippen LogP contribution in [0.1, 0.15) is 18.4 Å². The van der Waals surface area contributed by atoms with Crippen LogP contribution in [0.4, 0.5) is 13.2 Å². The third kappa shape index (κ3) is 4.37. The van der Waals surface area contributed by atoms with Crippen molar-refractivity contribution < 1.29 is 31.1 Å². The maximum atomic E-state index is 13.1. The number of hydrogen-bond acceptors (Lipinski definition) is 5. The fourth-order valence-electron chi connectivity index (χ4n) is 4.02. The van der Waals surface area contributed by atoms with Gasteiger partial charge >= 0.3 is 12.1 Å². The summed E-state index contributed by atoms with van der Waals surface area (Å²) >= 11 is 0. The van der Waals surface area contributed by atoms with Gasteiger partial charge in [-0.15, -0.1) is 0 Å². The van der Waals surface area contributed by atoms with E-state index in [0.717, 1.165) is 17.4 Å². The minimum absolute atomic E-state index is 0.175. The van der Waals surface area contributed by atoms with E-state index in [1.807, 2.05) is 11.0 Å². The van der Waals surface area contributed by atoms with Gasteiger partial charge in [0.2, 0.25) is 0 Å². The highest BCUT2D eigenvalue weighted by Crippen LogP contribution is 2.28. The van der Waals surface area contributed by atoms with Crippen LogP contribution in [0, 0.1) is 0 Å². The first kappa shape index (κ1) is 22.3. The molecule has 1 fully saturated rings. The average molecular weight is 466 g/mol. The fraction of sp³-hybridized carbons (Fsp3) is 0.318. The molecule has 1 atom stereocenters. The van der Waals surface area contributed by atoms with Gasteiger partial charge in [-0.3, -0.25) is 4.90 Å². The smallest absolute Gasteiger partial charge is 0.457 e. The van der Waals surface area contributed by atoms with E-state index in [2.05, 4.69) is 4.74 Å². The summed E-state index contributed by atoms with van der Waals surface area (Å²) in [6.45, 7) is 0.715. The van der Waals surface area contributed by atoms with E-state index in [-0.39, 0.29) is 17.5 Å². The normalized spacial score (nSPS) is 17.7. The number of hydrogen-bond donors (Lipinski definition) is 0. The van der Waals surface area contributed by atoms with Crippen molar-refractivity contribution in [1.29, 1.82) is 0 Å². The molecule has 3 aromatic rings. The second-order valence-corrected chi connectivity index (χ2v) is 9.46. The van der Waals surface area contributed by atoms with Gasteiger partial charge in [0, 0.05) is 24.2 Å². The monoisotopic (exact) mass is 466 g/mol. The molecule has 1 saturated heterocycles. The maximum Gasteiger partial charge on any atom is 0.490 e. The molecule has 10 heteroatoms. The summed E-state index contributed by atoms with van der Waals surface area (Å²) in [5.74, 6) is -2.19. The van der Waals surface area contributed by atoms with Crippen LogP contribution < -0.4 is 0 Å². The molecule has 2 heterocycles. The average Bonchev–Trinajstić information content (AvgIpc) is 3.39. The molecule has 0 spiro atoms. The number of fused-ring (bicyclic) bond motifs is 1. The quantitative estimate of drug-likeness (QED) is 0.515. The number of alkyl halides is 3. The van der Waals surface area contributed by atoms with Gasteiger partial charge in [-0.2, -0.15) is 13.2 Å². The molecular formula is C22H21F3N2O4S. The summed E-state index contributed by atoms with van der Waals surface area (Å²) in [6, 6.07) is 14.8. The Morgan fingerprint density at radius 2 is 1.81 bits per heavy atom. The minimum Gasteiger partial charge on any atom is -0.457 e. The zero-order chi connectivity index (χ0) is 22.9. The van der Waals surface area contributed by atoms with Gasteiger partial charge in [-0.1, -0.05) is 30.3 Å². The van der Waals surface area contributed by atoms with Crippen LogP contribution in [0.2, 0.25) is 0 Å². The maximum absolute atomic E-state index is 13.1. The van der Waals surface area contributed by atoms with Gasteiger partial charge in [0.15, 0.2) is 0 Å². The van der Waals surface area contributed by atoms with Gasteiger partial charge in [-0.05, 0) is 49.2 Å². The van der Waals surface area contributed by atoms with Crippen LogP contribution in [0.5, 0.6) is 0 Å². The lowest BCUT2D eigenvalue weighted by atomic mass is 10.1. The van der Waals surface area contributed by atoms with Crippen molar-refractivity contribution >= 4 is 26.9 Å². The van der Waals surface area contributed by atoms with Crippen LogP contribution in [-0.2, 0) is 26.1 Å². The van der Waals surface area contributed by atoms with Crippen molar-refractivity contribution in [2.24, 2.45) is 0 Å². The molecule has 0 N–H and O–H groups in total.